The number of rotatable bonds is 5. The number of halogens is 6. The minimum absolute atomic E-state index is 0.0380. The Bertz CT molecular complexity index is 1580. The van der Waals surface area contributed by atoms with E-state index in [2.05, 4.69) is 10.3 Å². The van der Waals surface area contributed by atoms with Crippen molar-refractivity contribution >= 4 is 44.1 Å². The van der Waals surface area contributed by atoms with Crippen molar-refractivity contribution in [3.8, 4) is 0 Å². The molecular formula is C22H21F6N5O5S. The van der Waals surface area contributed by atoms with Gasteiger partial charge in [0.2, 0.25) is 0 Å². The molecule has 0 saturated carbocycles. The Morgan fingerprint density at radius 2 is 1.77 bits per heavy atom. The molecular weight excluding hydrogens is 560 g/mol. The molecule has 4 rings (SSSR count). The Morgan fingerprint density at radius 3 is 2.33 bits per heavy atom. The number of hydrogen-bond acceptors (Lipinski definition) is 6. The number of carboxylic acid groups (broad SMARTS) is 1. The van der Waals surface area contributed by atoms with Crippen LogP contribution in [0.2, 0.25) is 0 Å². The zero-order valence-electron chi connectivity index (χ0n) is 20.2. The van der Waals surface area contributed by atoms with E-state index in [1.807, 2.05) is 4.72 Å². The largest absolute Gasteiger partial charge is 0.490 e. The van der Waals surface area contributed by atoms with Crippen LogP contribution in [0.5, 0.6) is 0 Å². The van der Waals surface area contributed by atoms with Gasteiger partial charge in [-0.25, -0.2) is 22.9 Å². The first-order valence-electron chi connectivity index (χ1n) is 10.9. The van der Waals surface area contributed by atoms with Crippen molar-refractivity contribution < 1.29 is 44.7 Å². The molecule has 1 aromatic heterocycles. The van der Waals surface area contributed by atoms with Crippen molar-refractivity contribution in [2.45, 2.75) is 25.7 Å². The number of carboxylic acids is 1. The van der Waals surface area contributed by atoms with Gasteiger partial charge in [0.1, 0.15) is 17.7 Å². The highest BCUT2D eigenvalue weighted by atomic mass is 32.2. The van der Waals surface area contributed by atoms with Gasteiger partial charge in [-0.15, -0.1) is 0 Å². The third-order valence-corrected chi connectivity index (χ3v) is 7.10. The lowest BCUT2D eigenvalue weighted by Crippen LogP contribution is -2.34. The second kappa shape index (κ2) is 11.1. The fraction of sp³-hybridized carbons (Fsp3) is 0.318. The van der Waals surface area contributed by atoms with Gasteiger partial charge in [0.15, 0.2) is 5.82 Å². The normalized spacial score (nSPS) is 16.1. The predicted molar refractivity (Wildman–Crippen MR) is 129 cm³/mol. The number of anilines is 3. The summed E-state index contributed by atoms with van der Waals surface area (Å²) >= 11 is 0. The van der Waals surface area contributed by atoms with Crippen molar-refractivity contribution in [2.24, 2.45) is 7.05 Å². The lowest BCUT2D eigenvalue weighted by molar-refractivity contribution is -0.192. The summed E-state index contributed by atoms with van der Waals surface area (Å²) in [7, 11) is -2.68. The van der Waals surface area contributed by atoms with Gasteiger partial charge < -0.3 is 15.0 Å². The van der Waals surface area contributed by atoms with E-state index >= 15 is 4.39 Å². The Kier molecular flexibility index (Phi) is 8.44. The lowest BCUT2D eigenvalue weighted by atomic mass is 10.1. The van der Waals surface area contributed by atoms with E-state index in [4.69, 9.17) is 9.90 Å². The maximum absolute atomic E-state index is 15.1. The molecule has 0 spiro atoms. The third kappa shape index (κ3) is 6.59. The first kappa shape index (κ1) is 29.7. The molecule has 0 aliphatic carbocycles. The molecule has 0 bridgehead atoms. The van der Waals surface area contributed by atoms with Crippen molar-refractivity contribution in [1.29, 1.82) is 0 Å². The van der Waals surface area contributed by atoms with Gasteiger partial charge in [-0.1, -0.05) is 0 Å². The summed E-state index contributed by atoms with van der Waals surface area (Å²) in [6.07, 6.45) is -4.95. The van der Waals surface area contributed by atoms with Crippen LogP contribution in [0.1, 0.15) is 12.0 Å². The predicted octanol–water partition coefficient (Wildman–Crippen LogP) is 3.60. The highest BCUT2D eigenvalue weighted by Crippen LogP contribution is 2.32. The number of aliphatic carboxylic acids is 1. The van der Waals surface area contributed by atoms with Gasteiger partial charge in [0.05, 0.1) is 22.9 Å². The van der Waals surface area contributed by atoms with Gasteiger partial charge in [-0.3, -0.25) is 9.52 Å². The second-order valence-corrected chi connectivity index (χ2v) is 10.0. The molecule has 39 heavy (non-hydrogen) atoms. The third-order valence-electron chi connectivity index (χ3n) is 5.61. The maximum atomic E-state index is 15.1. The number of alkyl halides is 4. The first-order chi connectivity index (χ1) is 18.0. The molecule has 1 saturated heterocycles. The summed E-state index contributed by atoms with van der Waals surface area (Å²) in [5, 5.41) is 10.0. The summed E-state index contributed by atoms with van der Waals surface area (Å²) in [5.74, 6) is -4.90. The Balaban J connectivity index is 0.000000532. The van der Waals surface area contributed by atoms with Crippen LogP contribution >= 0.6 is 0 Å². The number of carbonyl (C=O) groups is 1. The van der Waals surface area contributed by atoms with Crippen LogP contribution in [-0.4, -0.2) is 58.8 Å². The van der Waals surface area contributed by atoms with Gasteiger partial charge >= 0.3 is 22.4 Å². The van der Waals surface area contributed by atoms with Gasteiger partial charge in [-0.2, -0.15) is 25.9 Å². The van der Waals surface area contributed by atoms with E-state index in [1.54, 1.807) is 6.92 Å². The first-order valence-corrected chi connectivity index (χ1v) is 12.4. The summed E-state index contributed by atoms with van der Waals surface area (Å²) in [6.45, 7) is 1.24. The summed E-state index contributed by atoms with van der Waals surface area (Å²) in [6, 6.07) is 4.91. The van der Waals surface area contributed by atoms with E-state index in [1.165, 1.54) is 30.1 Å². The minimum atomic E-state index is -5.08. The molecule has 17 heteroatoms. The van der Waals surface area contributed by atoms with E-state index in [-0.39, 0.29) is 36.1 Å². The molecule has 1 atom stereocenters. The zero-order chi connectivity index (χ0) is 29.3. The molecule has 0 amide bonds. The molecule has 1 aliphatic heterocycles. The van der Waals surface area contributed by atoms with Crippen LogP contribution < -0.4 is 15.6 Å². The number of aromatic nitrogens is 2. The summed E-state index contributed by atoms with van der Waals surface area (Å²) < 4.78 is 104. The average Bonchev–Trinajstić information content (AvgIpc) is 3.29. The fourth-order valence-corrected chi connectivity index (χ4v) is 4.85. The Labute approximate surface area is 217 Å². The quantitative estimate of drug-likeness (QED) is 0.392. The summed E-state index contributed by atoms with van der Waals surface area (Å²) in [5.41, 5.74) is -0.316. The Hall–Kier alpha value is -3.86. The van der Waals surface area contributed by atoms with Crippen LogP contribution in [0.3, 0.4) is 0 Å². The number of fused-ring (bicyclic) bond motifs is 1. The number of benzene rings is 2. The number of nitrogens with zero attached hydrogens (tertiary/aromatic N) is 3. The average molecular weight is 581 g/mol. The summed E-state index contributed by atoms with van der Waals surface area (Å²) in [4.78, 5) is 25.5. The molecule has 2 heterocycles. The number of hydrogen-bond donors (Lipinski definition) is 3. The van der Waals surface area contributed by atoms with Gasteiger partial charge in [0, 0.05) is 25.8 Å². The monoisotopic (exact) mass is 581 g/mol. The van der Waals surface area contributed by atoms with Crippen molar-refractivity contribution in [3.05, 3.63) is 58.1 Å². The number of aryl methyl sites for hydroxylation is 2. The smallest absolute Gasteiger partial charge is 0.475 e. The molecule has 1 aliphatic rings. The Morgan fingerprint density at radius 1 is 1.15 bits per heavy atom. The van der Waals surface area contributed by atoms with Crippen LogP contribution in [-0.2, 0) is 22.1 Å². The molecule has 10 nitrogen and oxygen atoms in total. The molecule has 0 radical (unpaired) electrons. The van der Waals surface area contributed by atoms with Crippen LogP contribution in [0.15, 0.2) is 35.4 Å². The van der Waals surface area contributed by atoms with Crippen molar-refractivity contribution in [3.63, 3.8) is 0 Å². The molecule has 3 aromatic rings. The number of nitrogens with one attached hydrogen (secondary N) is 2. The molecule has 0 unspecified atom stereocenters. The van der Waals surface area contributed by atoms with E-state index in [0.29, 0.717) is 11.1 Å². The fourth-order valence-electron chi connectivity index (χ4n) is 3.58. The van der Waals surface area contributed by atoms with Crippen molar-refractivity contribution in [2.75, 3.05) is 23.1 Å². The topological polar surface area (TPSA) is 134 Å². The lowest BCUT2D eigenvalue weighted by Gasteiger charge is -2.19. The van der Waals surface area contributed by atoms with E-state index in [0.717, 1.165) is 16.4 Å². The SMILES string of the molecule is Cc1c(Nc2c(F)ccc(NS(=O)(=O)N3CC[C@@H](F)C3)c2F)ccc2ncn(C)c(=O)c12.O=C(O)C(F)(F)F. The molecule has 212 valence electrons. The molecule has 2 aromatic carbocycles. The van der Waals surface area contributed by atoms with Gasteiger partial charge in [0.25, 0.3) is 5.56 Å². The van der Waals surface area contributed by atoms with Crippen molar-refractivity contribution in [1.82, 2.24) is 13.9 Å². The highest BCUT2D eigenvalue weighted by Gasteiger charge is 2.38. The second-order valence-electron chi connectivity index (χ2n) is 8.36. The molecule has 3 N–H and O–H groups in total. The molecule has 1 fully saturated rings. The minimum Gasteiger partial charge on any atom is -0.475 e. The van der Waals surface area contributed by atoms with Crippen LogP contribution in [0, 0.1) is 18.6 Å². The highest BCUT2D eigenvalue weighted by molar-refractivity contribution is 7.90. The zero-order valence-corrected chi connectivity index (χ0v) is 21.0. The van der Waals surface area contributed by atoms with E-state index in [9.17, 15) is 35.2 Å². The maximum Gasteiger partial charge on any atom is 0.490 e. The van der Waals surface area contributed by atoms with Gasteiger partial charge in [-0.05, 0) is 43.2 Å². The van der Waals surface area contributed by atoms with Crippen LogP contribution in [0.4, 0.5) is 43.4 Å². The van der Waals surface area contributed by atoms with Crippen LogP contribution in [0.25, 0.3) is 10.9 Å². The standard InChI is InChI=1S/C20H20F3N5O3S.C2HF3O2/c1-11-14(5-6-15-17(11)20(29)27(2)10-24-15)25-19-13(22)3-4-16(18(19)23)26-32(30,31)28-8-7-12(21)9-28;3-2(4,5)1(6)7/h3-6,10,12,25-26H,7-9H2,1-2H3;(H,6,7)/t12-;/m1./s1. The van der Waals surface area contributed by atoms with E-state index < -0.39 is 51.5 Å².